The van der Waals surface area contributed by atoms with Crippen LogP contribution < -0.4 is 5.48 Å². The average Bonchev–Trinajstić information content (AvgIpc) is 2.56. The molecule has 2 aromatic rings. The zero-order valence-electron chi connectivity index (χ0n) is 11.9. The van der Waals surface area contributed by atoms with E-state index in [1.165, 1.54) is 0 Å². The van der Waals surface area contributed by atoms with E-state index >= 15 is 0 Å². The van der Waals surface area contributed by atoms with Gasteiger partial charge in [0.05, 0.1) is 18.9 Å². The fourth-order valence-electron chi connectivity index (χ4n) is 1.82. The van der Waals surface area contributed by atoms with Crippen LogP contribution in [0.5, 0.6) is 0 Å². The summed E-state index contributed by atoms with van der Waals surface area (Å²) in [6, 6.07) is 19.6. The second-order valence-electron chi connectivity index (χ2n) is 4.72. The normalized spacial score (nSPS) is 12.0. The van der Waals surface area contributed by atoms with Gasteiger partial charge in [-0.15, -0.1) is 0 Å². The van der Waals surface area contributed by atoms with Crippen LogP contribution in [0.2, 0.25) is 0 Å². The summed E-state index contributed by atoms with van der Waals surface area (Å²) < 4.78 is 5.59. The quantitative estimate of drug-likeness (QED) is 0.550. The Hall–Kier alpha value is -1.88. The standard InChI is InChI=1S/C17H21NO3/c19-13-17(21-18-16-9-5-2-6-10-16)11-12-20-14-15-7-3-1-4-8-15/h1-10,17-19H,11-14H2/t17-/m1/s1. The molecule has 0 amide bonds. The molecule has 0 aliphatic rings. The van der Waals surface area contributed by atoms with Crippen LogP contribution in [0.1, 0.15) is 12.0 Å². The van der Waals surface area contributed by atoms with Gasteiger partial charge in [0.1, 0.15) is 6.10 Å². The number of benzene rings is 2. The molecule has 0 bridgehead atoms. The minimum absolute atomic E-state index is 0.0471. The van der Waals surface area contributed by atoms with Gasteiger partial charge >= 0.3 is 0 Å². The van der Waals surface area contributed by atoms with Crippen LogP contribution in [0.3, 0.4) is 0 Å². The molecule has 21 heavy (non-hydrogen) atoms. The molecular weight excluding hydrogens is 266 g/mol. The summed E-state index contributed by atoms with van der Waals surface area (Å²) in [7, 11) is 0. The van der Waals surface area contributed by atoms with E-state index in [9.17, 15) is 5.11 Å². The molecule has 0 aliphatic carbocycles. The first-order valence-electron chi connectivity index (χ1n) is 7.07. The Morgan fingerprint density at radius 3 is 2.29 bits per heavy atom. The lowest BCUT2D eigenvalue weighted by molar-refractivity contribution is 0.0133. The highest BCUT2D eigenvalue weighted by Crippen LogP contribution is 2.08. The third kappa shape index (κ3) is 5.95. The molecule has 0 unspecified atom stereocenters. The third-order valence-electron chi connectivity index (χ3n) is 3.02. The van der Waals surface area contributed by atoms with Crippen molar-refractivity contribution in [1.82, 2.24) is 0 Å². The van der Waals surface area contributed by atoms with E-state index in [4.69, 9.17) is 9.57 Å². The molecule has 0 aliphatic heterocycles. The molecule has 0 fully saturated rings. The van der Waals surface area contributed by atoms with Gasteiger partial charge in [-0.1, -0.05) is 48.5 Å². The van der Waals surface area contributed by atoms with Gasteiger partial charge in [-0.2, -0.15) is 0 Å². The molecule has 0 heterocycles. The van der Waals surface area contributed by atoms with Crippen molar-refractivity contribution in [3.8, 4) is 0 Å². The molecule has 0 saturated carbocycles. The maximum atomic E-state index is 9.30. The Balaban J connectivity index is 1.63. The van der Waals surface area contributed by atoms with Crippen molar-refractivity contribution < 1.29 is 14.7 Å². The van der Waals surface area contributed by atoms with Gasteiger partial charge in [-0.3, -0.25) is 10.3 Å². The van der Waals surface area contributed by atoms with Gasteiger partial charge in [-0.25, -0.2) is 0 Å². The van der Waals surface area contributed by atoms with E-state index in [0.717, 1.165) is 11.3 Å². The van der Waals surface area contributed by atoms with E-state index < -0.39 is 0 Å². The highest BCUT2D eigenvalue weighted by molar-refractivity contribution is 5.40. The molecule has 2 rings (SSSR count). The summed E-state index contributed by atoms with van der Waals surface area (Å²) in [4.78, 5) is 5.45. The summed E-state index contributed by atoms with van der Waals surface area (Å²) in [6.07, 6.45) is 0.337. The number of aliphatic hydroxyl groups is 1. The first kappa shape index (κ1) is 15.5. The smallest absolute Gasteiger partial charge is 0.111 e. The summed E-state index contributed by atoms with van der Waals surface area (Å²) in [5, 5.41) is 9.30. The highest BCUT2D eigenvalue weighted by atomic mass is 16.7. The fraction of sp³-hybridized carbons (Fsp3) is 0.294. The number of hydrogen-bond donors (Lipinski definition) is 2. The molecule has 2 N–H and O–H groups in total. The number of hydrogen-bond acceptors (Lipinski definition) is 4. The van der Waals surface area contributed by atoms with Gasteiger partial charge in [0.2, 0.25) is 0 Å². The van der Waals surface area contributed by atoms with Gasteiger partial charge < -0.3 is 9.84 Å². The molecule has 0 aromatic heterocycles. The minimum Gasteiger partial charge on any atom is -0.394 e. The monoisotopic (exact) mass is 287 g/mol. The number of nitrogens with one attached hydrogen (secondary N) is 1. The van der Waals surface area contributed by atoms with E-state index in [-0.39, 0.29) is 12.7 Å². The zero-order chi connectivity index (χ0) is 14.8. The van der Waals surface area contributed by atoms with E-state index in [0.29, 0.717) is 19.6 Å². The van der Waals surface area contributed by atoms with Gasteiger partial charge in [0.15, 0.2) is 0 Å². The number of aliphatic hydroxyl groups excluding tert-OH is 1. The Bertz CT molecular complexity index is 490. The maximum Gasteiger partial charge on any atom is 0.111 e. The molecule has 4 nitrogen and oxygen atoms in total. The lowest BCUT2D eigenvalue weighted by Gasteiger charge is -2.16. The van der Waals surface area contributed by atoms with Gasteiger partial charge in [0, 0.05) is 13.0 Å². The molecule has 2 aromatic carbocycles. The molecule has 4 heteroatoms. The summed E-state index contributed by atoms with van der Waals surface area (Å²) in [5.41, 5.74) is 4.84. The van der Waals surface area contributed by atoms with Crippen molar-refractivity contribution in [2.45, 2.75) is 19.1 Å². The van der Waals surface area contributed by atoms with E-state index in [2.05, 4.69) is 5.48 Å². The number of rotatable bonds is 9. The summed E-state index contributed by atoms with van der Waals surface area (Å²) >= 11 is 0. The lowest BCUT2D eigenvalue weighted by Crippen LogP contribution is -2.23. The Morgan fingerprint density at radius 2 is 1.62 bits per heavy atom. The maximum absolute atomic E-state index is 9.30. The number of para-hydroxylation sites is 1. The van der Waals surface area contributed by atoms with Crippen molar-refractivity contribution >= 4 is 5.69 Å². The highest BCUT2D eigenvalue weighted by Gasteiger charge is 2.08. The van der Waals surface area contributed by atoms with Crippen molar-refractivity contribution in [2.24, 2.45) is 0 Å². The van der Waals surface area contributed by atoms with E-state index in [1.807, 2.05) is 60.7 Å². The SMILES string of the molecule is OC[C@@H](CCOCc1ccccc1)ONc1ccccc1. The molecule has 0 saturated heterocycles. The second-order valence-corrected chi connectivity index (χ2v) is 4.72. The van der Waals surface area contributed by atoms with Crippen molar-refractivity contribution in [2.75, 3.05) is 18.7 Å². The summed E-state index contributed by atoms with van der Waals surface area (Å²) in [6.45, 7) is 1.07. The van der Waals surface area contributed by atoms with Crippen LogP contribution in [0.15, 0.2) is 60.7 Å². The van der Waals surface area contributed by atoms with Crippen LogP contribution in [0.25, 0.3) is 0 Å². The minimum atomic E-state index is -0.291. The van der Waals surface area contributed by atoms with Crippen LogP contribution in [0.4, 0.5) is 5.69 Å². The predicted molar refractivity (Wildman–Crippen MR) is 82.7 cm³/mol. The summed E-state index contributed by atoms with van der Waals surface area (Å²) in [5.74, 6) is 0. The lowest BCUT2D eigenvalue weighted by atomic mass is 10.2. The van der Waals surface area contributed by atoms with Gasteiger partial charge in [0.25, 0.3) is 0 Å². The van der Waals surface area contributed by atoms with Crippen LogP contribution in [-0.4, -0.2) is 24.4 Å². The topological polar surface area (TPSA) is 50.7 Å². The van der Waals surface area contributed by atoms with Crippen LogP contribution >= 0.6 is 0 Å². The molecule has 112 valence electrons. The van der Waals surface area contributed by atoms with Gasteiger partial charge in [-0.05, 0) is 17.7 Å². The molecular formula is C17H21NO3. The largest absolute Gasteiger partial charge is 0.394 e. The molecule has 0 spiro atoms. The Kier molecular flexibility index (Phi) is 6.74. The number of anilines is 1. The zero-order valence-corrected chi connectivity index (χ0v) is 11.9. The van der Waals surface area contributed by atoms with E-state index in [1.54, 1.807) is 0 Å². The first-order valence-corrected chi connectivity index (χ1v) is 7.07. The van der Waals surface area contributed by atoms with Crippen molar-refractivity contribution in [1.29, 1.82) is 0 Å². The second kappa shape index (κ2) is 9.13. The molecule has 0 radical (unpaired) electrons. The van der Waals surface area contributed by atoms with Crippen LogP contribution in [-0.2, 0) is 16.2 Å². The van der Waals surface area contributed by atoms with Crippen molar-refractivity contribution in [3.63, 3.8) is 0 Å². The number of ether oxygens (including phenoxy) is 1. The fourth-order valence-corrected chi connectivity index (χ4v) is 1.82. The first-order chi connectivity index (χ1) is 10.4. The average molecular weight is 287 g/mol. The van der Waals surface area contributed by atoms with Crippen molar-refractivity contribution in [3.05, 3.63) is 66.2 Å². The molecule has 1 atom stereocenters. The van der Waals surface area contributed by atoms with Crippen LogP contribution in [0, 0.1) is 0 Å². The third-order valence-corrected chi connectivity index (χ3v) is 3.02. The Morgan fingerprint density at radius 1 is 0.952 bits per heavy atom. The predicted octanol–water partition coefficient (Wildman–Crippen LogP) is 3.00. The Labute approximate surface area is 125 Å².